The number of nitrogens with one attached hydrogen (secondary N) is 1. The number of hydrogen-bond donors (Lipinski definition) is 2. The average molecular weight is 382 g/mol. The highest BCUT2D eigenvalue weighted by atomic mass is 35.5. The molecule has 3 rings (SSSR count). The third-order valence-electron chi connectivity index (χ3n) is 3.38. The van der Waals surface area contributed by atoms with Crippen LogP contribution < -0.4 is 11.1 Å². The van der Waals surface area contributed by atoms with Gasteiger partial charge < -0.3 is 15.8 Å². The Morgan fingerprint density at radius 3 is 2.59 bits per heavy atom. The molecule has 1 heterocycles. The summed E-state index contributed by atoms with van der Waals surface area (Å²) in [6.45, 7) is -0.137. The number of benzene rings is 2. The zero-order chi connectivity index (χ0) is 19.1. The number of para-hydroxylation sites is 1. The second kappa shape index (κ2) is 8.77. The number of carbonyl (C=O) groups is 1. The Morgan fingerprint density at radius 2 is 1.81 bits per heavy atom. The molecule has 0 bridgehead atoms. The van der Waals surface area contributed by atoms with E-state index < -0.39 is 5.97 Å². The number of aromatic nitrogens is 3. The number of nitrogens with zero attached hydrogens (tertiary/aromatic N) is 3. The second-order valence-electron chi connectivity index (χ2n) is 5.39. The molecule has 0 fully saturated rings. The monoisotopic (exact) mass is 381 g/mol. The number of rotatable bonds is 6. The minimum atomic E-state index is -0.550. The zero-order valence-electron chi connectivity index (χ0n) is 14.2. The van der Waals surface area contributed by atoms with Crippen LogP contribution in [0.15, 0.2) is 60.7 Å². The molecule has 7 nitrogen and oxygen atoms in total. The quantitative estimate of drug-likeness (QED) is 0.496. The molecule has 27 heavy (non-hydrogen) atoms. The molecule has 0 aliphatic rings. The summed E-state index contributed by atoms with van der Waals surface area (Å²) < 4.78 is 5.14. The average Bonchev–Trinajstić information content (AvgIpc) is 2.66. The van der Waals surface area contributed by atoms with E-state index in [0.717, 1.165) is 11.3 Å². The predicted octanol–water partition coefficient (Wildman–Crippen LogP) is 3.61. The summed E-state index contributed by atoms with van der Waals surface area (Å²) >= 11 is 6.03. The predicted molar refractivity (Wildman–Crippen MR) is 104 cm³/mol. The molecule has 0 saturated heterocycles. The number of carbonyl (C=O) groups excluding carboxylic acids is 1. The number of nitrogen functional groups attached to an aromatic ring is 1. The van der Waals surface area contributed by atoms with Crippen molar-refractivity contribution in [3.8, 4) is 0 Å². The van der Waals surface area contributed by atoms with Crippen molar-refractivity contribution in [3.05, 3.63) is 77.1 Å². The van der Waals surface area contributed by atoms with Crippen molar-refractivity contribution < 1.29 is 9.53 Å². The second-order valence-corrected chi connectivity index (χ2v) is 5.79. The SMILES string of the molecule is Nc1nc(COC(=O)/C=C/c2ccccc2Cl)nc(Nc2ccccc2)n1. The smallest absolute Gasteiger partial charge is 0.331 e. The van der Waals surface area contributed by atoms with Gasteiger partial charge in [-0.1, -0.05) is 48.0 Å². The van der Waals surface area contributed by atoms with Crippen LogP contribution in [-0.2, 0) is 16.1 Å². The lowest BCUT2D eigenvalue weighted by atomic mass is 10.2. The molecule has 0 unspecified atom stereocenters. The molecule has 0 saturated carbocycles. The lowest BCUT2D eigenvalue weighted by Crippen LogP contribution is -2.10. The van der Waals surface area contributed by atoms with E-state index >= 15 is 0 Å². The van der Waals surface area contributed by atoms with Gasteiger partial charge in [0.25, 0.3) is 0 Å². The molecule has 3 N–H and O–H groups in total. The number of ether oxygens (including phenoxy) is 1. The van der Waals surface area contributed by atoms with Crippen LogP contribution in [0.4, 0.5) is 17.6 Å². The van der Waals surface area contributed by atoms with Crippen molar-refractivity contribution in [2.45, 2.75) is 6.61 Å². The van der Waals surface area contributed by atoms with Crippen LogP contribution in [0.25, 0.3) is 6.08 Å². The standard InChI is InChI=1S/C19H16ClN5O2/c20-15-9-5-4-6-13(15)10-11-17(26)27-12-16-23-18(21)25-19(24-16)22-14-7-2-1-3-8-14/h1-11H,12H2,(H3,21,22,23,24,25)/b11-10+. The number of esters is 1. The lowest BCUT2D eigenvalue weighted by Gasteiger charge is -2.07. The van der Waals surface area contributed by atoms with Crippen LogP contribution in [0, 0.1) is 0 Å². The molecular formula is C19H16ClN5O2. The van der Waals surface area contributed by atoms with E-state index in [0.29, 0.717) is 5.02 Å². The van der Waals surface area contributed by atoms with Crippen LogP contribution in [0.2, 0.25) is 5.02 Å². The van der Waals surface area contributed by atoms with Gasteiger partial charge in [0.15, 0.2) is 12.4 Å². The van der Waals surface area contributed by atoms with Crippen LogP contribution in [0.1, 0.15) is 11.4 Å². The molecule has 0 aliphatic carbocycles. The van der Waals surface area contributed by atoms with Crippen molar-refractivity contribution in [2.75, 3.05) is 11.1 Å². The van der Waals surface area contributed by atoms with E-state index in [9.17, 15) is 4.79 Å². The van der Waals surface area contributed by atoms with Gasteiger partial charge in [-0.2, -0.15) is 15.0 Å². The van der Waals surface area contributed by atoms with Crippen LogP contribution in [-0.4, -0.2) is 20.9 Å². The van der Waals surface area contributed by atoms with E-state index in [2.05, 4.69) is 20.3 Å². The zero-order valence-corrected chi connectivity index (χ0v) is 14.9. The molecule has 136 valence electrons. The first-order chi connectivity index (χ1) is 13.1. The minimum absolute atomic E-state index is 0.0288. The Hall–Kier alpha value is -3.45. The molecule has 0 amide bonds. The van der Waals surface area contributed by atoms with Gasteiger partial charge in [0.1, 0.15) is 0 Å². The summed E-state index contributed by atoms with van der Waals surface area (Å²) in [5.74, 6) is -0.0145. The summed E-state index contributed by atoms with van der Waals surface area (Å²) in [6.07, 6.45) is 2.86. The topological polar surface area (TPSA) is 103 Å². The Balaban J connectivity index is 1.62. The van der Waals surface area contributed by atoms with E-state index in [-0.39, 0.29) is 24.3 Å². The fourth-order valence-electron chi connectivity index (χ4n) is 2.16. The fourth-order valence-corrected chi connectivity index (χ4v) is 2.36. The van der Waals surface area contributed by atoms with Crippen molar-refractivity contribution in [1.29, 1.82) is 0 Å². The van der Waals surface area contributed by atoms with E-state index in [1.165, 1.54) is 6.08 Å². The van der Waals surface area contributed by atoms with Crippen molar-refractivity contribution in [3.63, 3.8) is 0 Å². The van der Waals surface area contributed by atoms with Crippen LogP contribution >= 0.6 is 11.6 Å². The molecule has 8 heteroatoms. The normalized spacial score (nSPS) is 10.7. The first kappa shape index (κ1) is 18.3. The maximum absolute atomic E-state index is 11.9. The minimum Gasteiger partial charge on any atom is -0.454 e. The van der Waals surface area contributed by atoms with Gasteiger partial charge in [0.05, 0.1) is 0 Å². The van der Waals surface area contributed by atoms with E-state index in [4.69, 9.17) is 22.1 Å². The van der Waals surface area contributed by atoms with Crippen molar-refractivity contribution >= 4 is 41.2 Å². The van der Waals surface area contributed by atoms with Gasteiger partial charge in [-0.3, -0.25) is 0 Å². The molecule has 2 aromatic carbocycles. The Bertz CT molecular complexity index is 963. The van der Waals surface area contributed by atoms with Crippen LogP contribution in [0.5, 0.6) is 0 Å². The highest BCUT2D eigenvalue weighted by Gasteiger charge is 2.07. The number of anilines is 3. The number of nitrogens with two attached hydrogens (primary N) is 1. The molecular weight excluding hydrogens is 366 g/mol. The molecule has 0 aliphatic heterocycles. The summed E-state index contributed by atoms with van der Waals surface area (Å²) in [7, 11) is 0. The molecule has 0 spiro atoms. The van der Waals surface area contributed by atoms with Gasteiger partial charge in [-0.25, -0.2) is 4.79 Å². The van der Waals surface area contributed by atoms with Crippen LogP contribution in [0.3, 0.4) is 0 Å². The maximum Gasteiger partial charge on any atom is 0.331 e. The van der Waals surface area contributed by atoms with Gasteiger partial charge in [0.2, 0.25) is 11.9 Å². The maximum atomic E-state index is 11.9. The largest absolute Gasteiger partial charge is 0.454 e. The molecule has 0 atom stereocenters. The van der Waals surface area contributed by atoms with Crippen molar-refractivity contribution in [2.24, 2.45) is 0 Å². The fraction of sp³-hybridized carbons (Fsp3) is 0.0526. The highest BCUT2D eigenvalue weighted by molar-refractivity contribution is 6.32. The van der Waals surface area contributed by atoms with E-state index in [1.54, 1.807) is 18.2 Å². The summed E-state index contributed by atoms with van der Waals surface area (Å²) in [4.78, 5) is 24.1. The third-order valence-corrected chi connectivity index (χ3v) is 3.72. The molecule has 3 aromatic rings. The third kappa shape index (κ3) is 5.52. The number of halogens is 1. The molecule has 0 radical (unpaired) electrons. The van der Waals surface area contributed by atoms with Gasteiger partial charge >= 0.3 is 5.97 Å². The first-order valence-corrected chi connectivity index (χ1v) is 8.40. The number of hydrogen-bond acceptors (Lipinski definition) is 7. The summed E-state index contributed by atoms with van der Waals surface area (Å²) in [5.41, 5.74) is 7.22. The van der Waals surface area contributed by atoms with E-state index in [1.807, 2.05) is 42.5 Å². The highest BCUT2D eigenvalue weighted by Crippen LogP contribution is 2.16. The van der Waals surface area contributed by atoms with Gasteiger partial charge in [-0.15, -0.1) is 0 Å². The Kier molecular flexibility index (Phi) is 5.96. The summed E-state index contributed by atoms with van der Waals surface area (Å²) in [6, 6.07) is 16.5. The van der Waals surface area contributed by atoms with Crippen molar-refractivity contribution in [1.82, 2.24) is 15.0 Å². The first-order valence-electron chi connectivity index (χ1n) is 8.02. The summed E-state index contributed by atoms with van der Waals surface area (Å²) in [5, 5.41) is 3.56. The Labute approximate surface area is 160 Å². The van der Waals surface area contributed by atoms with Gasteiger partial charge in [-0.05, 0) is 29.8 Å². The Morgan fingerprint density at radius 1 is 1.07 bits per heavy atom. The molecule has 1 aromatic heterocycles. The lowest BCUT2D eigenvalue weighted by molar-refractivity contribution is -0.139. The van der Waals surface area contributed by atoms with Gasteiger partial charge in [0, 0.05) is 16.8 Å².